The van der Waals surface area contributed by atoms with E-state index in [4.69, 9.17) is 9.47 Å². The number of amides is 2. The zero-order valence-corrected chi connectivity index (χ0v) is 20.2. The lowest BCUT2D eigenvalue weighted by Gasteiger charge is -2.29. The summed E-state index contributed by atoms with van der Waals surface area (Å²) in [4.78, 5) is 38.7. The van der Waals surface area contributed by atoms with E-state index >= 15 is 0 Å². The van der Waals surface area contributed by atoms with Crippen molar-refractivity contribution in [3.8, 4) is 11.1 Å². The highest BCUT2D eigenvalue weighted by Gasteiger charge is 2.45. The van der Waals surface area contributed by atoms with E-state index in [0.29, 0.717) is 18.8 Å². The van der Waals surface area contributed by atoms with Crippen molar-refractivity contribution >= 4 is 29.7 Å². The fourth-order valence-electron chi connectivity index (χ4n) is 5.29. The smallest absolute Gasteiger partial charge is 0.407 e. The van der Waals surface area contributed by atoms with Crippen LogP contribution in [0, 0.1) is 5.92 Å². The third-order valence-electron chi connectivity index (χ3n) is 7.07. The molecule has 2 amide bonds. The van der Waals surface area contributed by atoms with Gasteiger partial charge in [0.15, 0.2) is 0 Å². The lowest BCUT2D eigenvalue weighted by atomic mass is 9.98. The first-order valence-corrected chi connectivity index (χ1v) is 12.9. The SMILES string of the molecule is CC1SCC(C(=O)O)N1C(=O)[C@H]1OCC[C@H]1CNC(=O)OCC1c2ccccc2-c2ccccc21. The van der Waals surface area contributed by atoms with Crippen LogP contribution in [0.5, 0.6) is 0 Å². The van der Waals surface area contributed by atoms with E-state index < -0.39 is 24.2 Å². The van der Waals surface area contributed by atoms with Crippen LogP contribution in [-0.2, 0) is 19.1 Å². The molecule has 0 radical (unpaired) electrons. The van der Waals surface area contributed by atoms with Gasteiger partial charge in [0, 0.05) is 30.7 Å². The van der Waals surface area contributed by atoms with Gasteiger partial charge in [-0.2, -0.15) is 0 Å². The number of carboxylic acids is 1. The highest BCUT2D eigenvalue weighted by atomic mass is 32.2. The average molecular weight is 497 g/mol. The second-order valence-corrected chi connectivity index (χ2v) is 10.4. The number of hydrogen-bond donors (Lipinski definition) is 2. The Labute approximate surface area is 208 Å². The average Bonchev–Trinajstić information content (AvgIpc) is 3.57. The number of thioether (sulfide) groups is 1. The van der Waals surface area contributed by atoms with E-state index in [-0.39, 0.29) is 36.3 Å². The molecule has 2 N–H and O–H groups in total. The van der Waals surface area contributed by atoms with Crippen molar-refractivity contribution < 1.29 is 29.0 Å². The second-order valence-electron chi connectivity index (χ2n) is 9.08. The molecular weight excluding hydrogens is 468 g/mol. The van der Waals surface area contributed by atoms with Gasteiger partial charge in [0.1, 0.15) is 18.8 Å². The molecule has 2 aromatic rings. The summed E-state index contributed by atoms with van der Waals surface area (Å²) in [5.74, 6) is -1.25. The van der Waals surface area contributed by atoms with E-state index in [0.717, 1.165) is 22.3 Å². The summed E-state index contributed by atoms with van der Waals surface area (Å²) in [5.41, 5.74) is 4.61. The Morgan fingerprint density at radius 3 is 2.43 bits per heavy atom. The Kier molecular flexibility index (Phi) is 6.71. The molecule has 0 spiro atoms. The Hall–Kier alpha value is -3.04. The molecule has 2 aliphatic heterocycles. The number of nitrogens with zero attached hydrogens (tertiary/aromatic N) is 1. The molecule has 2 unspecified atom stereocenters. The van der Waals surface area contributed by atoms with Crippen LogP contribution in [0.3, 0.4) is 0 Å². The molecule has 9 heteroatoms. The lowest BCUT2D eigenvalue weighted by Crippen LogP contribution is -2.51. The largest absolute Gasteiger partial charge is 0.480 e. The van der Waals surface area contributed by atoms with E-state index in [2.05, 4.69) is 29.6 Å². The van der Waals surface area contributed by atoms with Crippen LogP contribution in [0.4, 0.5) is 4.79 Å². The van der Waals surface area contributed by atoms with E-state index in [1.54, 1.807) is 0 Å². The number of hydrogen-bond acceptors (Lipinski definition) is 6. The molecule has 2 saturated heterocycles. The summed E-state index contributed by atoms with van der Waals surface area (Å²) in [6.07, 6.45) is -0.710. The molecule has 35 heavy (non-hydrogen) atoms. The highest BCUT2D eigenvalue weighted by Crippen LogP contribution is 2.44. The minimum absolute atomic E-state index is 0.0283. The first-order valence-electron chi connectivity index (χ1n) is 11.8. The van der Waals surface area contributed by atoms with Gasteiger partial charge in [-0.1, -0.05) is 48.5 Å². The molecular formula is C26H28N2O6S. The molecule has 2 heterocycles. The zero-order chi connectivity index (χ0) is 24.5. The number of carbonyl (C=O) groups excluding carboxylic acids is 2. The summed E-state index contributed by atoms with van der Waals surface area (Å²) >= 11 is 1.44. The van der Waals surface area contributed by atoms with Crippen LogP contribution in [0.15, 0.2) is 48.5 Å². The van der Waals surface area contributed by atoms with Gasteiger partial charge in [0.25, 0.3) is 5.91 Å². The maximum absolute atomic E-state index is 13.1. The zero-order valence-electron chi connectivity index (χ0n) is 19.4. The topological polar surface area (TPSA) is 105 Å². The molecule has 0 aromatic heterocycles. The van der Waals surface area contributed by atoms with Crippen LogP contribution in [0.1, 0.15) is 30.4 Å². The normalized spacial score (nSPS) is 25.2. The van der Waals surface area contributed by atoms with Crippen molar-refractivity contribution in [2.24, 2.45) is 5.92 Å². The fourth-order valence-corrected chi connectivity index (χ4v) is 6.47. The lowest BCUT2D eigenvalue weighted by molar-refractivity contribution is -0.154. The number of aliphatic carboxylic acids is 1. The van der Waals surface area contributed by atoms with Gasteiger partial charge in [-0.05, 0) is 35.6 Å². The van der Waals surface area contributed by atoms with Crippen molar-refractivity contribution in [2.45, 2.75) is 36.8 Å². The predicted octanol–water partition coefficient (Wildman–Crippen LogP) is 3.30. The number of carbonyl (C=O) groups is 3. The maximum Gasteiger partial charge on any atom is 0.407 e. The minimum Gasteiger partial charge on any atom is -0.480 e. The van der Waals surface area contributed by atoms with Crippen molar-refractivity contribution in [2.75, 3.05) is 25.5 Å². The molecule has 0 bridgehead atoms. The number of benzene rings is 2. The van der Waals surface area contributed by atoms with Crippen LogP contribution < -0.4 is 5.32 Å². The van der Waals surface area contributed by atoms with Gasteiger partial charge in [-0.15, -0.1) is 11.8 Å². The molecule has 2 fully saturated rings. The van der Waals surface area contributed by atoms with Crippen LogP contribution in [0.2, 0.25) is 0 Å². The molecule has 3 aliphatic rings. The Balaban J connectivity index is 1.18. The van der Waals surface area contributed by atoms with Gasteiger partial charge < -0.3 is 24.8 Å². The third-order valence-corrected chi connectivity index (χ3v) is 8.29. The molecule has 0 saturated carbocycles. The number of alkyl carbamates (subject to hydrolysis) is 1. The standard InChI is InChI=1S/C26H28N2O6S/c1-15-28(22(14-35-15)25(30)31)24(29)23-16(10-11-33-23)12-27-26(32)34-13-21-19-8-4-2-6-17(19)18-7-3-5-9-20(18)21/h2-9,15-16,21-23H,10-14H2,1H3,(H,27,32)(H,30,31)/t15?,16-,22?,23-/m0/s1. The number of ether oxygens (including phenoxy) is 2. The van der Waals surface area contributed by atoms with Crippen LogP contribution >= 0.6 is 11.8 Å². The summed E-state index contributed by atoms with van der Waals surface area (Å²) in [6, 6.07) is 15.4. The number of fused-ring (bicyclic) bond motifs is 3. The monoisotopic (exact) mass is 496 g/mol. The number of carboxylic acid groups (broad SMARTS) is 1. The predicted molar refractivity (Wildman–Crippen MR) is 131 cm³/mol. The van der Waals surface area contributed by atoms with Gasteiger partial charge in [0.05, 0.1) is 5.37 Å². The van der Waals surface area contributed by atoms with Crippen LogP contribution in [0.25, 0.3) is 11.1 Å². The Morgan fingerprint density at radius 2 is 1.77 bits per heavy atom. The molecule has 1 aliphatic carbocycles. The molecule has 184 valence electrons. The Morgan fingerprint density at radius 1 is 1.11 bits per heavy atom. The van der Waals surface area contributed by atoms with E-state index in [1.807, 2.05) is 31.2 Å². The second kappa shape index (κ2) is 9.91. The summed E-state index contributed by atoms with van der Waals surface area (Å²) in [6.45, 7) is 2.65. The van der Waals surface area contributed by atoms with Crippen molar-refractivity contribution in [1.29, 1.82) is 0 Å². The molecule has 8 nitrogen and oxygen atoms in total. The van der Waals surface area contributed by atoms with Crippen molar-refractivity contribution in [3.63, 3.8) is 0 Å². The van der Waals surface area contributed by atoms with Gasteiger partial charge >= 0.3 is 12.1 Å². The highest BCUT2D eigenvalue weighted by molar-refractivity contribution is 8.00. The van der Waals surface area contributed by atoms with Crippen molar-refractivity contribution in [3.05, 3.63) is 59.7 Å². The van der Waals surface area contributed by atoms with Gasteiger partial charge in [-0.25, -0.2) is 9.59 Å². The van der Waals surface area contributed by atoms with Gasteiger partial charge in [-0.3, -0.25) is 4.79 Å². The maximum atomic E-state index is 13.1. The summed E-state index contributed by atoms with van der Waals surface area (Å²) in [7, 11) is 0. The van der Waals surface area contributed by atoms with E-state index in [1.165, 1.54) is 16.7 Å². The van der Waals surface area contributed by atoms with Gasteiger partial charge in [0.2, 0.25) is 0 Å². The number of rotatable bonds is 6. The molecule has 2 aromatic carbocycles. The Bertz CT molecular complexity index is 1090. The molecule has 5 rings (SSSR count). The first kappa shape index (κ1) is 23.7. The fraction of sp³-hybridized carbons (Fsp3) is 0.423. The minimum atomic E-state index is -1.01. The molecule has 4 atom stereocenters. The first-order chi connectivity index (χ1) is 17.0. The van der Waals surface area contributed by atoms with Crippen LogP contribution in [-0.4, -0.2) is 71.0 Å². The quantitative estimate of drug-likeness (QED) is 0.632. The summed E-state index contributed by atoms with van der Waals surface area (Å²) in [5, 5.41) is 12.0. The summed E-state index contributed by atoms with van der Waals surface area (Å²) < 4.78 is 11.3. The van der Waals surface area contributed by atoms with Crippen molar-refractivity contribution in [1.82, 2.24) is 10.2 Å². The third kappa shape index (κ3) is 4.50. The van der Waals surface area contributed by atoms with E-state index in [9.17, 15) is 19.5 Å². The number of nitrogens with one attached hydrogen (secondary N) is 1.